The van der Waals surface area contributed by atoms with Crippen molar-refractivity contribution in [3.63, 3.8) is 0 Å². The van der Waals surface area contributed by atoms with Gasteiger partial charge in [0.25, 0.3) is 0 Å². The number of ether oxygens (including phenoxy) is 1. The maximum absolute atomic E-state index is 12.0. The van der Waals surface area contributed by atoms with Gasteiger partial charge in [0.1, 0.15) is 12.1 Å². The normalized spacial score (nSPS) is 22.8. The average molecular weight is 340 g/mol. The minimum Gasteiger partial charge on any atom is -0.442 e. The Morgan fingerprint density at radius 1 is 1.44 bits per heavy atom. The smallest absolute Gasteiger partial charge is 0.414 e. The molecule has 1 saturated heterocycles. The van der Waals surface area contributed by atoms with Gasteiger partial charge < -0.3 is 10.1 Å². The van der Waals surface area contributed by atoms with Gasteiger partial charge in [-0.3, -0.25) is 15.0 Å². The molecule has 0 aromatic heterocycles. The highest BCUT2D eigenvalue weighted by Crippen LogP contribution is 2.26. The Hall–Kier alpha value is -2.85. The molecule has 1 fully saturated rings. The molecule has 7 heteroatoms. The number of benzene rings is 1. The van der Waals surface area contributed by atoms with Crippen molar-refractivity contribution in [1.82, 2.24) is 10.6 Å². The Morgan fingerprint density at radius 3 is 2.88 bits per heavy atom. The molecule has 3 rings (SSSR count). The lowest BCUT2D eigenvalue weighted by Gasteiger charge is -2.19. The largest absolute Gasteiger partial charge is 0.442 e. The van der Waals surface area contributed by atoms with Crippen LogP contribution in [0.2, 0.25) is 0 Å². The summed E-state index contributed by atoms with van der Waals surface area (Å²) >= 11 is 0. The van der Waals surface area contributed by atoms with Crippen LogP contribution in [0.5, 0.6) is 0 Å². The molecule has 1 aromatic carbocycles. The lowest BCUT2D eigenvalue weighted by molar-refractivity contribution is -0.119. The number of carbonyl (C=O) groups excluding carboxylic acids is 2. The molecule has 25 heavy (non-hydrogen) atoms. The molecule has 2 heterocycles. The fraction of sp³-hybridized carbons (Fsp3) is 0.389. The third-order valence-electron chi connectivity index (χ3n) is 4.27. The fourth-order valence-corrected chi connectivity index (χ4v) is 2.98. The minimum atomic E-state index is -0.409. The highest BCUT2D eigenvalue weighted by Gasteiger charge is 2.32. The zero-order chi connectivity index (χ0) is 17.8. The molecule has 2 aliphatic rings. The Bertz CT molecular complexity index is 736. The number of cyclic esters (lactones) is 1. The van der Waals surface area contributed by atoms with Gasteiger partial charge in [0, 0.05) is 19.2 Å². The van der Waals surface area contributed by atoms with Crippen molar-refractivity contribution in [2.24, 2.45) is 0 Å². The van der Waals surface area contributed by atoms with E-state index in [1.54, 1.807) is 4.90 Å². The van der Waals surface area contributed by atoms with Crippen molar-refractivity contribution in [2.75, 3.05) is 24.5 Å². The standard InChI is InChI=1S/C18H20N4O3/c1-12(23)21-10-17-11-22(18(24)25-17)16-4-2-13(3-5-16)14-6-7-20-15(8-14)9-19/h2-5,8,15,17,20H,6-7,10-11H2,1H3,(H,21,23)/t15?,17-/m0/s1. The first kappa shape index (κ1) is 17.0. The van der Waals surface area contributed by atoms with Crippen LogP contribution >= 0.6 is 0 Å². The monoisotopic (exact) mass is 340 g/mol. The third kappa shape index (κ3) is 3.98. The van der Waals surface area contributed by atoms with Crippen molar-refractivity contribution >= 4 is 23.3 Å². The van der Waals surface area contributed by atoms with Crippen molar-refractivity contribution < 1.29 is 14.3 Å². The van der Waals surface area contributed by atoms with Gasteiger partial charge in [-0.1, -0.05) is 12.1 Å². The number of nitriles is 1. The summed E-state index contributed by atoms with van der Waals surface area (Å²) in [6.07, 6.45) is 2.04. The number of rotatable bonds is 4. The molecule has 2 N–H and O–H groups in total. The molecule has 0 radical (unpaired) electrons. The first-order chi connectivity index (χ1) is 12.1. The molecule has 0 aliphatic carbocycles. The van der Waals surface area contributed by atoms with E-state index < -0.39 is 6.09 Å². The number of nitrogens with zero attached hydrogens (tertiary/aromatic N) is 2. The number of nitrogens with one attached hydrogen (secondary N) is 2. The van der Waals surface area contributed by atoms with Gasteiger partial charge in [-0.15, -0.1) is 0 Å². The first-order valence-electron chi connectivity index (χ1n) is 8.23. The van der Waals surface area contributed by atoms with E-state index in [1.165, 1.54) is 6.92 Å². The number of hydrogen-bond donors (Lipinski definition) is 2. The SMILES string of the molecule is CC(=O)NC[C@H]1CN(c2ccc(C3=CC(C#N)NCC3)cc2)C(=O)O1. The zero-order valence-corrected chi connectivity index (χ0v) is 14.0. The van der Waals surface area contributed by atoms with Gasteiger partial charge in [0.2, 0.25) is 5.91 Å². The molecular formula is C18H20N4O3. The summed E-state index contributed by atoms with van der Waals surface area (Å²) in [5, 5.41) is 14.8. The van der Waals surface area contributed by atoms with Crippen LogP contribution in [-0.2, 0) is 9.53 Å². The predicted molar refractivity (Wildman–Crippen MR) is 92.7 cm³/mol. The molecule has 0 saturated carbocycles. The Balaban J connectivity index is 1.68. The van der Waals surface area contributed by atoms with E-state index in [0.717, 1.165) is 29.8 Å². The minimum absolute atomic E-state index is 0.148. The highest BCUT2D eigenvalue weighted by molar-refractivity contribution is 5.90. The van der Waals surface area contributed by atoms with Gasteiger partial charge in [-0.2, -0.15) is 5.26 Å². The van der Waals surface area contributed by atoms with Crippen LogP contribution in [0.25, 0.3) is 5.57 Å². The van der Waals surface area contributed by atoms with Crippen molar-refractivity contribution in [3.05, 3.63) is 35.9 Å². The van der Waals surface area contributed by atoms with Gasteiger partial charge in [-0.25, -0.2) is 4.79 Å². The number of carbonyl (C=O) groups is 2. The molecule has 2 aliphatic heterocycles. The van der Waals surface area contributed by atoms with Gasteiger partial charge in [-0.05, 0) is 35.8 Å². The second-order valence-electron chi connectivity index (χ2n) is 6.10. The summed E-state index contributed by atoms with van der Waals surface area (Å²) in [4.78, 5) is 24.6. The third-order valence-corrected chi connectivity index (χ3v) is 4.27. The zero-order valence-electron chi connectivity index (χ0n) is 14.0. The lowest BCUT2D eigenvalue weighted by atomic mass is 9.97. The molecule has 1 aromatic rings. The van der Waals surface area contributed by atoms with E-state index in [2.05, 4.69) is 16.7 Å². The van der Waals surface area contributed by atoms with Crippen LogP contribution in [0.4, 0.5) is 10.5 Å². The molecule has 2 atom stereocenters. The van der Waals surface area contributed by atoms with Crippen LogP contribution in [0.15, 0.2) is 30.3 Å². The number of anilines is 1. The summed E-state index contributed by atoms with van der Waals surface area (Å²) in [7, 11) is 0. The molecule has 0 bridgehead atoms. The van der Waals surface area contributed by atoms with E-state index in [-0.39, 0.29) is 18.1 Å². The van der Waals surface area contributed by atoms with Crippen LogP contribution in [-0.4, -0.2) is 43.8 Å². The quantitative estimate of drug-likeness (QED) is 0.864. The van der Waals surface area contributed by atoms with E-state index in [1.807, 2.05) is 30.3 Å². The molecule has 1 unspecified atom stereocenters. The topological polar surface area (TPSA) is 94.5 Å². The molecule has 0 spiro atoms. The van der Waals surface area contributed by atoms with Crippen LogP contribution < -0.4 is 15.5 Å². The Kier molecular flexibility index (Phi) is 5.00. The molecule has 130 valence electrons. The van der Waals surface area contributed by atoms with Gasteiger partial charge in [0.05, 0.1) is 19.2 Å². The van der Waals surface area contributed by atoms with E-state index in [4.69, 9.17) is 10.00 Å². The highest BCUT2D eigenvalue weighted by atomic mass is 16.6. The maximum Gasteiger partial charge on any atom is 0.414 e. The van der Waals surface area contributed by atoms with Crippen molar-refractivity contribution in [3.8, 4) is 6.07 Å². The van der Waals surface area contributed by atoms with E-state index in [0.29, 0.717) is 13.1 Å². The van der Waals surface area contributed by atoms with Crippen LogP contribution in [0.1, 0.15) is 18.9 Å². The molecule has 7 nitrogen and oxygen atoms in total. The summed E-state index contributed by atoms with van der Waals surface area (Å²) in [6.45, 7) is 2.92. The average Bonchev–Trinajstić information content (AvgIpc) is 3.01. The van der Waals surface area contributed by atoms with Crippen molar-refractivity contribution in [1.29, 1.82) is 5.26 Å². The van der Waals surface area contributed by atoms with Crippen LogP contribution in [0, 0.1) is 11.3 Å². The van der Waals surface area contributed by atoms with Gasteiger partial charge in [0.15, 0.2) is 0 Å². The number of amides is 2. The second-order valence-corrected chi connectivity index (χ2v) is 6.10. The molecule has 2 amide bonds. The second kappa shape index (κ2) is 7.36. The van der Waals surface area contributed by atoms with Crippen LogP contribution in [0.3, 0.4) is 0 Å². The maximum atomic E-state index is 12.0. The first-order valence-corrected chi connectivity index (χ1v) is 8.23. The van der Waals surface area contributed by atoms with E-state index in [9.17, 15) is 9.59 Å². The molecular weight excluding hydrogens is 320 g/mol. The Morgan fingerprint density at radius 2 is 2.20 bits per heavy atom. The van der Waals surface area contributed by atoms with E-state index >= 15 is 0 Å². The predicted octanol–water partition coefficient (Wildman–Crippen LogP) is 1.42. The Labute approximate surface area is 146 Å². The fourth-order valence-electron chi connectivity index (χ4n) is 2.98. The summed E-state index contributed by atoms with van der Waals surface area (Å²) < 4.78 is 5.27. The van der Waals surface area contributed by atoms with Crippen molar-refractivity contribution in [2.45, 2.75) is 25.5 Å². The summed E-state index contributed by atoms with van der Waals surface area (Å²) in [5.41, 5.74) is 2.93. The van der Waals surface area contributed by atoms with Gasteiger partial charge >= 0.3 is 6.09 Å². The summed E-state index contributed by atoms with van der Waals surface area (Å²) in [6, 6.07) is 9.61. The summed E-state index contributed by atoms with van der Waals surface area (Å²) in [5.74, 6) is -0.148. The lowest BCUT2D eigenvalue weighted by Crippen LogP contribution is -2.33. The number of hydrogen-bond acceptors (Lipinski definition) is 5.